The standard InChI is InChI=1S/C15H11ClO3/c16-9-5-6-13-12(7-9)10-3-1-2-4-11(10)14(19-13)8-15(17)18/h1-7,13H,8H2,(H,17,18). The zero-order valence-corrected chi connectivity index (χ0v) is 10.7. The summed E-state index contributed by atoms with van der Waals surface area (Å²) in [7, 11) is 0. The Morgan fingerprint density at radius 1 is 1.32 bits per heavy atom. The maximum absolute atomic E-state index is 10.9. The molecular weight excluding hydrogens is 264 g/mol. The Balaban J connectivity index is 2.31. The molecule has 1 atom stereocenters. The number of hydrogen-bond donors (Lipinski definition) is 1. The molecule has 0 fully saturated rings. The highest BCUT2D eigenvalue weighted by atomic mass is 35.5. The number of carboxylic acid groups (broad SMARTS) is 1. The molecule has 0 radical (unpaired) electrons. The molecule has 1 aromatic carbocycles. The van der Waals surface area contributed by atoms with Crippen LogP contribution in [0.2, 0.25) is 0 Å². The molecule has 1 unspecified atom stereocenters. The fourth-order valence-corrected chi connectivity index (χ4v) is 2.55. The van der Waals surface area contributed by atoms with E-state index in [0.29, 0.717) is 10.8 Å². The van der Waals surface area contributed by atoms with Crippen molar-refractivity contribution in [2.75, 3.05) is 0 Å². The molecule has 1 aliphatic carbocycles. The molecule has 1 aromatic rings. The van der Waals surface area contributed by atoms with Crippen LogP contribution in [0.5, 0.6) is 0 Å². The molecule has 0 bridgehead atoms. The van der Waals surface area contributed by atoms with Crippen LogP contribution < -0.4 is 10.4 Å². The number of hydrogen-bond acceptors (Lipinski definition) is 2. The average Bonchev–Trinajstić information content (AvgIpc) is 2.39. The Hall–Kier alpha value is -2.00. The number of carbonyl (C=O) groups is 1. The summed E-state index contributed by atoms with van der Waals surface area (Å²) in [6.07, 6.45) is 5.10. The van der Waals surface area contributed by atoms with Gasteiger partial charge in [-0.15, -0.1) is 0 Å². The van der Waals surface area contributed by atoms with Gasteiger partial charge in [0.1, 0.15) is 18.3 Å². The maximum atomic E-state index is 10.9. The lowest BCUT2D eigenvalue weighted by Crippen LogP contribution is -2.38. The molecule has 1 aliphatic heterocycles. The van der Waals surface area contributed by atoms with Crippen LogP contribution in [-0.4, -0.2) is 17.2 Å². The summed E-state index contributed by atoms with van der Waals surface area (Å²) in [4.78, 5) is 10.9. The van der Waals surface area contributed by atoms with Crippen LogP contribution in [0.15, 0.2) is 47.5 Å². The van der Waals surface area contributed by atoms with Crippen molar-refractivity contribution in [1.82, 2.24) is 0 Å². The predicted molar refractivity (Wildman–Crippen MR) is 72.7 cm³/mol. The molecule has 0 saturated carbocycles. The summed E-state index contributed by atoms with van der Waals surface area (Å²) in [5.41, 5.74) is 0.970. The molecule has 0 spiro atoms. The van der Waals surface area contributed by atoms with Gasteiger partial charge in [0, 0.05) is 15.8 Å². The molecule has 2 aliphatic rings. The first kappa shape index (κ1) is 12.1. The van der Waals surface area contributed by atoms with Gasteiger partial charge in [-0.3, -0.25) is 4.79 Å². The zero-order chi connectivity index (χ0) is 13.4. The van der Waals surface area contributed by atoms with Crippen LogP contribution in [0, 0.1) is 0 Å². The van der Waals surface area contributed by atoms with Gasteiger partial charge in [-0.2, -0.15) is 0 Å². The number of ether oxygens (including phenoxy) is 1. The molecule has 1 heterocycles. The minimum Gasteiger partial charge on any atom is -0.485 e. The second kappa shape index (κ2) is 4.59. The number of allylic oxidation sites excluding steroid dienone is 2. The van der Waals surface area contributed by atoms with Gasteiger partial charge in [0.25, 0.3) is 0 Å². The van der Waals surface area contributed by atoms with E-state index in [1.165, 1.54) is 0 Å². The van der Waals surface area contributed by atoms with E-state index in [2.05, 4.69) is 0 Å². The van der Waals surface area contributed by atoms with Crippen molar-refractivity contribution in [2.24, 2.45) is 0 Å². The van der Waals surface area contributed by atoms with Gasteiger partial charge in [0.15, 0.2) is 0 Å². The Kier molecular flexibility index (Phi) is 2.91. The van der Waals surface area contributed by atoms with Crippen LogP contribution in [0.3, 0.4) is 0 Å². The summed E-state index contributed by atoms with van der Waals surface area (Å²) in [5.74, 6) is -0.408. The first-order chi connectivity index (χ1) is 9.15. The highest BCUT2D eigenvalue weighted by molar-refractivity contribution is 6.32. The monoisotopic (exact) mass is 274 g/mol. The fraction of sp³-hybridized carbons (Fsp3) is 0.133. The number of benzene rings is 1. The highest BCUT2D eigenvalue weighted by Crippen LogP contribution is 2.25. The number of rotatable bonds is 2. The van der Waals surface area contributed by atoms with Crippen molar-refractivity contribution in [3.8, 4) is 0 Å². The third kappa shape index (κ3) is 2.17. The summed E-state index contributed by atoms with van der Waals surface area (Å²) >= 11 is 6.02. The Morgan fingerprint density at radius 2 is 2.05 bits per heavy atom. The molecular formula is C15H11ClO3. The lowest BCUT2D eigenvalue weighted by molar-refractivity contribution is -0.136. The molecule has 0 aromatic heterocycles. The van der Waals surface area contributed by atoms with Crippen LogP contribution in [-0.2, 0) is 9.53 Å². The first-order valence-corrected chi connectivity index (χ1v) is 6.29. The van der Waals surface area contributed by atoms with Crippen molar-refractivity contribution >= 4 is 28.9 Å². The summed E-state index contributed by atoms with van der Waals surface area (Å²) in [5, 5.41) is 11.4. The van der Waals surface area contributed by atoms with E-state index in [0.717, 1.165) is 16.0 Å². The molecule has 96 valence electrons. The molecule has 3 nitrogen and oxygen atoms in total. The van der Waals surface area contributed by atoms with Crippen molar-refractivity contribution in [1.29, 1.82) is 0 Å². The third-order valence-electron chi connectivity index (χ3n) is 3.15. The van der Waals surface area contributed by atoms with Crippen molar-refractivity contribution in [2.45, 2.75) is 12.5 Å². The Morgan fingerprint density at radius 3 is 2.79 bits per heavy atom. The van der Waals surface area contributed by atoms with Crippen LogP contribution in [0.4, 0.5) is 0 Å². The minimum absolute atomic E-state index is 0.119. The molecule has 3 rings (SSSR count). The normalized spacial score (nSPS) is 20.3. The van der Waals surface area contributed by atoms with Gasteiger partial charge in [0.2, 0.25) is 0 Å². The van der Waals surface area contributed by atoms with E-state index in [1.54, 1.807) is 6.08 Å². The summed E-state index contributed by atoms with van der Waals surface area (Å²) in [6, 6.07) is 7.63. The fourth-order valence-electron chi connectivity index (χ4n) is 2.36. The van der Waals surface area contributed by atoms with Gasteiger partial charge in [-0.25, -0.2) is 0 Å². The van der Waals surface area contributed by atoms with Gasteiger partial charge in [-0.05, 0) is 23.4 Å². The van der Waals surface area contributed by atoms with Crippen molar-refractivity contribution in [3.63, 3.8) is 0 Å². The maximum Gasteiger partial charge on any atom is 0.311 e. The first-order valence-electron chi connectivity index (χ1n) is 5.91. The van der Waals surface area contributed by atoms with Crippen molar-refractivity contribution < 1.29 is 14.6 Å². The van der Waals surface area contributed by atoms with Gasteiger partial charge >= 0.3 is 5.97 Å². The highest BCUT2D eigenvalue weighted by Gasteiger charge is 2.23. The van der Waals surface area contributed by atoms with Crippen LogP contribution >= 0.6 is 11.6 Å². The lowest BCUT2D eigenvalue weighted by atomic mass is 9.97. The Bertz CT molecular complexity index is 728. The lowest BCUT2D eigenvalue weighted by Gasteiger charge is -2.25. The topological polar surface area (TPSA) is 46.5 Å². The number of aliphatic carboxylic acids is 1. The van der Waals surface area contributed by atoms with E-state index in [9.17, 15) is 4.79 Å². The average molecular weight is 275 g/mol. The van der Waals surface area contributed by atoms with Crippen molar-refractivity contribution in [3.05, 3.63) is 58.0 Å². The van der Waals surface area contributed by atoms with E-state index < -0.39 is 5.97 Å². The second-order valence-corrected chi connectivity index (χ2v) is 4.86. The van der Waals surface area contributed by atoms with E-state index in [1.807, 2.05) is 36.4 Å². The van der Waals surface area contributed by atoms with E-state index >= 15 is 0 Å². The Labute approximate surface area is 114 Å². The molecule has 0 amide bonds. The minimum atomic E-state index is -0.901. The number of halogens is 1. The second-order valence-electron chi connectivity index (χ2n) is 4.42. The molecule has 19 heavy (non-hydrogen) atoms. The number of carboxylic acids is 1. The molecule has 0 saturated heterocycles. The van der Waals surface area contributed by atoms with Crippen LogP contribution in [0.25, 0.3) is 11.3 Å². The summed E-state index contributed by atoms with van der Waals surface area (Å²) < 4.78 is 5.78. The number of fused-ring (bicyclic) bond motifs is 2. The zero-order valence-electron chi connectivity index (χ0n) is 9.97. The van der Waals surface area contributed by atoms with Gasteiger partial charge in [-0.1, -0.05) is 35.9 Å². The molecule has 1 N–H and O–H groups in total. The largest absolute Gasteiger partial charge is 0.485 e. The molecule has 4 heteroatoms. The SMILES string of the molecule is O=C(O)CC1=c2ccccc2=C2C=C(Cl)C=CC2O1. The predicted octanol–water partition coefficient (Wildman–Crippen LogP) is 1.51. The third-order valence-corrected chi connectivity index (χ3v) is 3.38. The van der Waals surface area contributed by atoms with Gasteiger partial charge in [0.05, 0.1) is 0 Å². The smallest absolute Gasteiger partial charge is 0.311 e. The van der Waals surface area contributed by atoms with Crippen LogP contribution in [0.1, 0.15) is 6.42 Å². The van der Waals surface area contributed by atoms with E-state index in [4.69, 9.17) is 21.4 Å². The van der Waals surface area contributed by atoms with Gasteiger partial charge < -0.3 is 9.84 Å². The van der Waals surface area contributed by atoms with E-state index in [-0.39, 0.29) is 12.5 Å². The summed E-state index contributed by atoms with van der Waals surface area (Å²) in [6.45, 7) is 0. The quantitative estimate of drug-likeness (QED) is 0.889.